The van der Waals surface area contributed by atoms with Crippen molar-refractivity contribution in [1.29, 1.82) is 0 Å². The third kappa shape index (κ3) is 6.69. The molecule has 2 aromatic heterocycles. The highest BCUT2D eigenvalue weighted by atomic mass is 32.1. The average Bonchev–Trinajstić information content (AvgIpc) is 3.57. The predicted molar refractivity (Wildman–Crippen MR) is 147 cm³/mol. The molecular weight excluding hydrogens is 523 g/mol. The van der Waals surface area contributed by atoms with Gasteiger partial charge in [-0.3, -0.25) is 10.2 Å². The van der Waals surface area contributed by atoms with Crippen molar-refractivity contribution in [3.8, 4) is 11.4 Å². The van der Waals surface area contributed by atoms with Crippen molar-refractivity contribution in [2.24, 2.45) is 0 Å². The zero-order chi connectivity index (χ0) is 27.4. The predicted octanol–water partition coefficient (Wildman–Crippen LogP) is 7.16. The number of halogens is 3. The van der Waals surface area contributed by atoms with Crippen LogP contribution >= 0.6 is 11.3 Å². The first-order chi connectivity index (χ1) is 18.8. The Bertz CT molecular complexity index is 1360. The van der Waals surface area contributed by atoms with Crippen molar-refractivity contribution in [2.45, 2.75) is 45.1 Å². The fraction of sp³-hybridized carbons (Fsp3) is 0.310. The summed E-state index contributed by atoms with van der Waals surface area (Å²) in [6.07, 6.45) is -2.70. The van der Waals surface area contributed by atoms with Crippen molar-refractivity contribution < 1.29 is 18.0 Å². The van der Waals surface area contributed by atoms with Crippen molar-refractivity contribution in [1.82, 2.24) is 19.8 Å². The van der Waals surface area contributed by atoms with Crippen LogP contribution in [0, 0.1) is 6.92 Å². The lowest BCUT2D eigenvalue weighted by Crippen LogP contribution is -2.48. The number of rotatable bonds is 7. The lowest BCUT2D eigenvalue weighted by Gasteiger charge is -2.38. The molecule has 6 nitrogen and oxygen atoms in total. The van der Waals surface area contributed by atoms with Crippen LogP contribution in [0.1, 0.15) is 35.4 Å². The Kier molecular flexibility index (Phi) is 8.04. The van der Waals surface area contributed by atoms with E-state index in [1.807, 2.05) is 59.7 Å². The number of hydrogen-bond donors (Lipinski definition) is 2. The highest BCUT2D eigenvalue weighted by Gasteiger charge is 2.31. The number of urea groups is 1. The number of aromatic amines is 1. The normalized spacial score (nSPS) is 14.9. The molecule has 2 N–H and O–H groups in total. The minimum absolute atomic E-state index is 0.0934. The topological polar surface area (TPSA) is 64.3 Å². The van der Waals surface area contributed by atoms with Crippen LogP contribution in [0.15, 0.2) is 72.1 Å². The third-order valence-corrected chi connectivity index (χ3v) is 7.84. The summed E-state index contributed by atoms with van der Waals surface area (Å²) in [4.78, 5) is 25.4. The summed E-state index contributed by atoms with van der Waals surface area (Å²) in [6.45, 7) is 4.72. The van der Waals surface area contributed by atoms with Crippen LogP contribution in [0.2, 0.25) is 0 Å². The minimum atomic E-state index is -4.36. The van der Waals surface area contributed by atoms with Gasteiger partial charge in [0.1, 0.15) is 5.82 Å². The monoisotopic (exact) mass is 553 g/mol. The summed E-state index contributed by atoms with van der Waals surface area (Å²) in [6, 6.07) is 18.9. The van der Waals surface area contributed by atoms with E-state index in [2.05, 4.69) is 15.2 Å². The molecule has 0 aliphatic carbocycles. The Morgan fingerprint density at radius 3 is 2.44 bits per heavy atom. The Hall–Kier alpha value is -3.63. The molecule has 0 spiro atoms. The third-order valence-electron chi connectivity index (χ3n) is 7.05. The van der Waals surface area contributed by atoms with E-state index in [4.69, 9.17) is 4.98 Å². The van der Waals surface area contributed by atoms with Crippen molar-refractivity contribution in [3.63, 3.8) is 0 Å². The number of likely N-dealkylation sites (tertiary alicyclic amines) is 1. The number of hydrogen-bond acceptors (Lipinski definition) is 4. The van der Waals surface area contributed by atoms with E-state index in [0.717, 1.165) is 60.0 Å². The highest BCUT2D eigenvalue weighted by Crippen LogP contribution is 2.31. The molecule has 1 fully saturated rings. The number of benzene rings is 2. The fourth-order valence-corrected chi connectivity index (χ4v) is 5.49. The molecule has 0 saturated carbocycles. The molecule has 0 atom stereocenters. The molecule has 3 heterocycles. The van der Waals surface area contributed by atoms with Gasteiger partial charge in [0.05, 0.1) is 16.3 Å². The molecule has 1 aliphatic rings. The number of alkyl halides is 3. The standard InChI is InChI=1S/C29H30F3N5OS/c1-20-25(34-27(33-20)22-9-11-23(12-10-22)29(30,31)32)19-36-15-13-24(14-16-36)37(18-21-6-3-2-4-7-21)28(38)35-26-8-5-17-39-26/h2-12,17,24H,13-16,18-19H2,1H3,(H,33,34)(H,35,38). The van der Waals surface area contributed by atoms with Crippen LogP contribution in [-0.2, 0) is 19.3 Å². The summed E-state index contributed by atoms with van der Waals surface area (Å²) in [5.74, 6) is 0.561. The second-order valence-corrected chi connectivity index (χ2v) is 10.7. The van der Waals surface area contributed by atoms with Gasteiger partial charge in [-0.1, -0.05) is 42.5 Å². The molecule has 1 saturated heterocycles. The number of aryl methyl sites for hydroxylation is 1. The van der Waals surface area contributed by atoms with Gasteiger partial charge < -0.3 is 9.88 Å². The minimum Gasteiger partial charge on any atom is -0.342 e. The van der Waals surface area contributed by atoms with Crippen molar-refractivity contribution in [2.75, 3.05) is 18.4 Å². The number of piperidine rings is 1. The molecule has 2 aromatic carbocycles. The number of carbonyl (C=O) groups is 1. The smallest absolute Gasteiger partial charge is 0.342 e. The zero-order valence-electron chi connectivity index (χ0n) is 21.5. The van der Waals surface area contributed by atoms with Gasteiger partial charge in [0, 0.05) is 43.5 Å². The molecule has 5 rings (SSSR count). The molecule has 4 aromatic rings. The zero-order valence-corrected chi connectivity index (χ0v) is 22.4. The lowest BCUT2D eigenvalue weighted by molar-refractivity contribution is -0.137. The number of thiophene rings is 1. The number of nitrogens with one attached hydrogen (secondary N) is 2. The molecular formula is C29H30F3N5OS. The number of nitrogens with zero attached hydrogens (tertiary/aromatic N) is 3. The Morgan fingerprint density at radius 1 is 1.08 bits per heavy atom. The van der Waals surface area contributed by atoms with E-state index in [1.54, 1.807) is 0 Å². The number of anilines is 1. The first-order valence-corrected chi connectivity index (χ1v) is 13.7. The maximum absolute atomic E-state index is 13.3. The molecule has 2 amide bonds. The molecule has 39 heavy (non-hydrogen) atoms. The van der Waals surface area contributed by atoms with Gasteiger partial charge in [-0.2, -0.15) is 13.2 Å². The summed E-state index contributed by atoms with van der Waals surface area (Å²) >= 11 is 1.50. The molecule has 0 unspecified atom stereocenters. The van der Waals surface area contributed by atoms with E-state index in [9.17, 15) is 18.0 Å². The second-order valence-electron chi connectivity index (χ2n) is 9.76. The summed E-state index contributed by atoms with van der Waals surface area (Å²) in [5.41, 5.74) is 2.80. The Balaban J connectivity index is 1.22. The van der Waals surface area contributed by atoms with Gasteiger partial charge >= 0.3 is 12.2 Å². The van der Waals surface area contributed by atoms with Gasteiger partial charge in [-0.25, -0.2) is 9.78 Å². The first-order valence-electron chi connectivity index (χ1n) is 12.9. The lowest BCUT2D eigenvalue weighted by atomic mass is 10.0. The molecule has 1 aliphatic heterocycles. The van der Waals surface area contributed by atoms with E-state index >= 15 is 0 Å². The highest BCUT2D eigenvalue weighted by molar-refractivity contribution is 7.14. The molecule has 204 valence electrons. The Morgan fingerprint density at radius 2 is 1.79 bits per heavy atom. The number of carbonyl (C=O) groups excluding carboxylic acids is 1. The summed E-state index contributed by atoms with van der Waals surface area (Å²) in [7, 11) is 0. The largest absolute Gasteiger partial charge is 0.416 e. The van der Waals surface area contributed by atoms with Crippen LogP contribution in [0.4, 0.5) is 23.0 Å². The van der Waals surface area contributed by atoms with E-state index in [0.29, 0.717) is 24.5 Å². The molecule has 0 radical (unpaired) electrons. The van der Waals surface area contributed by atoms with Crippen molar-refractivity contribution >= 4 is 22.4 Å². The maximum atomic E-state index is 13.3. The molecule has 10 heteroatoms. The van der Waals surface area contributed by atoms with Gasteiger partial charge in [0.2, 0.25) is 0 Å². The number of amides is 2. The van der Waals surface area contributed by atoms with Gasteiger partial charge in [-0.05, 0) is 55.0 Å². The number of H-pyrrole nitrogens is 1. The van der Waals surface area contributed by atoms with Crippen molar-refractivity contribution in [3.05, 3.63) is 94.6 Å². The van der Waals surface area contributed by atoms with Gasteiger partial charge in [-0.15, -0.1) is 11.3 Å². The van der Waals surface area contributed by atoms with E-state index in [1.165, 1.54) is 23.5 Å². The quantitative estimate of drug-likeness (QED) is 0.255. The molecule has 0 bridgehead atoms. The van der Waals surface area contributed by atoms with Crippen LogP contribution < -0.4 is 5.32 Å². The first kappa shape index (κ1) is 27.0. The fourth-order valence-electron chi connectivity index (χ4n) is 4.88. The second kappa shape index (κ2) is 11.6. The van der Waals surface area contributed by atoms with Crippen LogP contribution in [0.25, 0.3) is 11.4 Å². The Labute approximate surface area is 229 Å². The SMILES string of the molecule is Cc1[nH]c(-c2ccc(C(F)(F)F)cc2)nc1CN1CCC(N(Cc2ccccc2)C(=O)Nc2cccs2)CC1. The van der Waals surface area contributed by atoms with Crippen LogP contribution in [0.3, 0.4) is 0 Å². The summed E-state index contributed by atoms with van der Waals surface area (Å²) in [5, 5.41) is 5.81. The van der Waals surface area contributed by atoms with Gasteiger partial charge in [0.25, 0.3) is 0 Å². The van der Waals surface area contributed by atoms with E-state index in [-0.39, 0.29) is 12.1 Å². The van der Waals surface area contributed by atoms with Crippen LogP contribution in [-0.4, -0.2) is 44.9 Å². The van der Waals surface area contributed by atoms with E-state index < -0.39 is 11.7 Å². The summed E-state index contributed by atoms with van der Waals surface area (Å²) < 4.78 is 38.7. The number of aromatic nitrogens is 2. The van der Waals surface area contributed by atoms with Gasteiger partial charge in [0.15, 0.2) is 0 Å². The average molecular weight is 554 g/mol. The maximum Gasteiger partial charge on any atom is 0.416 e. The van der Waals surface area contributed by atoms with Crippen LogP contribution in [0.5, 0.6) is 0 Å². The number of imidazole rings is 1.